The van der Waals surface area contributed by atoms with E-state index in [2.05, 4.69) is 11.4 Å². The molecule has 172 valence electrons. The number of morpholine rings is 1. The zero-order chi connectivity index (χ0) is 22.7. The van der Waals surface area contributed by atoms with Gasteiger partial charge in [-0.1, -0.05) is 24.3 Å². The fraction of sp³-hybridized carbons (Fsp3) is 0.458. The molecule has 0 saturated carbocycles. The molecule has 0 radical (unpaired) electrons. The number of anilines is 1. The number of carbonyl (C=O) groups is 1. The fourth-order valence-electron chi connectivity index (χ4n) is 4.31. The van der Waals surface area contributed by atoms with E-state index in [1.165, 1.54) is 22.0 Å². The van der Waals surface area contributed by atoms with Crippen LogP contribution in [0, 0.1) is 0 Å². The van der Waals surface area contributed by atoms with Gasteiger partial charge in [-0.25, -0.2) is 8.42 Å². The number of sulfonamides is 1. The highest BCUT2D eigenvalue weighted by molar-refractivity contribution is 7.89. The summed E-state index contributed by atoms with van der Waals surface area (Å²) in [5, 5.41) is 2.97. The van der Waals surface area contributed by atoms with Gasteiger partial charge in [0.1, 0.15) is 5.75 Å². The van der Waals surface area contributed by atoms with Crippen molar-refractivity contribution in [1.82, 2.24) is 4.31 Å². The monoisotopic (exact) mass is 458 g/mol. The van der Waals surface area contributed by atoms with Crippen LogP contribution in [0.5, 0.6) is 5.75 Å². The normalized spacial score (nSPS) is 19.4. The van der Waals surface area contributed by atoms with E-state index in [1.54, 1.807) is 6.07 Å². The van der Waals surface area contributed by atoms with Gasteiger partial charge < -0.3 is 14.8 Å². The third kappa shape index (κ3) is 4.82. The van der Waals surface area contributed by atoms with Crippen LogP contribution in [0.2, 0.25) is 0 Å². The summed E-state index contributed by atoms with van der Waals surface area (Å²) in [5.74, 6) is 0.0383. The molecule has 1 N–H and O–H groups in total. The van der Waals surface area contributed by atoms with Crippen LogP contribution < -0.4 is 10.1 Å². The van der Waals surface area contributed by atoms with E-state index in [-0.39, 0.29) is 22.8 Å². The molecule has 1 aliphatic heterocycles. The maximum Gasteiger partial charge on any atom is 0.243 e. The van der Waals surface area contributed by atoms with E-state index in [0.29, 0.717) is 37.7 Å². The average molecular weight is 459 g/mol. The Labute approximate surface area is 189 Å². The van der Waals surface area contributed by atoms with Gasteiger partial charge in [0.25, 0.3) is 0 Å². The van der Waals surface area contributed by atoms with E-state index in [0.717, 1.165) is 24.8 Å². The zero-order valence-electron chi connectivity index (χ0n) is 18.5. The number of benzene rings is 2. The number of amides is 1. The van der Waals surface area contributed by atoms with Crippen LogP contribution >= 0.6 is 0 Å². The Morgan fingerprint density at radius 2 is 1.91 bits per heavy atom. The molecule has 2 aliphatic rings. The summed E-state index contributed by atoms with van der Waals surface area (Å²) < 4.78 is 38.9. The number of fused-ring (bicyclic) bond motifs is 1. The van der Waals surface area contributed by atoms with Gasteiger partial charge in [-0.05, 0) is 62.4 Å². The molecule has 1 atom stereocenters. The number of rotatable bonds is 6. The lowest BCUT2D eigenvalue weighted by atomic mass is 9.82. The third-order valence-corrected chi connectivity index (χ3v) is 7.76. The molecule has 1 fully saturated rings. The summed E-state index contributed by atoms with van der Waals surface area (Å²) in [4.78, 5) is 13.4. The van der Waals surface area contributed by atoms with Crippen LogP contribution in [-0.2, 0) is 26.0 Å². The number of hydrogen-bond acceptors (Lipinski definition) is 5. The first-order chi connectivity index (χ1) is 15.4. The van der Waals surface area contributed by atoms with Crippen molar-refractivity contribution in [3.05, 3.63) is 53.6 Å². The van der Waals surface area contributed by atoms with E-state index < -0.39 is 10.0 Å². The number of nitrogens with zero attached hydrogens (tertiary/aromatic N) is 1. The number of aryl methyl sites for hydroxylation is 1. The first-order valence-corrected chi connectivity index (χ1v) is 12.6. The Kier molecular flexibility index (Phi) is 6.83. The molecule has 7 nitrogen and oxygen atoms in total. The molecule has 0 aromatic heterocycles. The van der Waals surface area contributed by atoms with Crippen molar-refractivity contribution in [2.24, 2.45) is 0 Å². The Hall–Kier alpha value is -2.42. The Morgan fingerprint density at radius 1 is 1.16 bits per heavy atom. The molecular formula is C24H30N2O5S. The highest BCUT2D eigenvalue weighted by Gasteiger charge is 2.29. The predicted molar refractivity (Wildman–Crippen MR) is 123 cm³/mol. The van der Waals surface area contributed by atoms with E-state index >= 15 is 0 Å². The molecule has 2 aromatic carbocycles. The molecule has 1 saturated heterocycles. The Bertz CT molecular complexity index is 1080. The molecule has 32 heavy (non-hydrogen) atoms. The van der Waals surface area contributed by atoms with Crippen molar-refractivity contribution < 1.29 is 22.7 Å². The van der Waals surface area contributed by atoms with Crippen molar-refractivity contribution in [3.63, 3.8) is 0 Å². The summed E-state index contributed by atoms with van der Waals surface area (Å²) in [7, 11) is -3.69. The van der Waals surface area contributed by atoms with Gasteiger partial charge in [0.05, 0.1) is 35.8 Å². The van der Waals surface area contributed by atoms with Crippen molar-refractivity contribution in [3.8, 4) is 5.75 Å². The first kappa shape index (κ1) is 22.8. The van der Waals surface area contributed by atoms with Gasteiger partial charge in [0, 0.05) is 13.1 Å². The van der Waals surface area contributed by atoms with Gasteiger partial charge in [0.15, 0.2) is 0 Å². The third-order valence-electron chi connectivity index (χ3n) is 5.87. The lowest BCUT2D eigenvalue weighted by Gasteiger charge is -2.27. The van der Waals surface area contributed by atoms with Crippen molar-refractivity contribution in [1.29, 1.82) is 0 Å². The summed E-state index contributed by atoms with van der Waals surface area (Å²) in [6.45, 7) is 5.15. The smallest absolute Gasteiger partial charge is 0.243 e. The van der Waals surface area contributed by atoms with Crippen molar-refractivity contribution >= 4 is 21.6 Å². The first-order valence-electron chi connectivity index (χ1n) is 11.1. The minimum atomic E-state index is -3.69. The lowest BCUT2D eigenvalue weighted by Crippen LogP contribution is -2.40. The largest absolute Gasteiger partial charge is 0.489 e. The molecule has 1 heterocycles. The quantitative estimate of drug-likeness (QED) is 0.716. The number of hydrogen-bond donors (Lipinski definition) is 1. The van der Waals surface area contributed by atoms with Gasteiger partial charge >= 0.3 is 0 Å². The average Bonchev–Trinajstić information content (AvgIpc) is 2.80. The molecule has 0 spiro atoms. The van der Waals surface area contributed by atoms with Gasteiger partial charge in [-0.2, -0.15) is 4.31 Å². The number of carbonyl (C=O) groups excluding carboxylic acids is 1. The highest BCUT2D eigenvalue weighted by Crippen LogP contribution is 2.35. The molecule has 1 aliphatic carbocycles. The molecule has 4 rings (SSSR count). The summed E-state index contributed by atoms with van der Waals surface area (Å²) >= 11 is 0. The maximum absolute atomic E-state index is 13.3. The summed E-state index contributed by atoms with van der Waals surface area (Å²) in [5.41, 5.74) is 2.61. The summed E-state index contributed by atoms with van der Waals surface area (Å²) in [6.07, 6.45) is 2.54. The van der Waals surface area contributed by atoms with Crippen molar-refractivity contribution in [2.45, 2.75) is 50.0 Å². The highest BCUT2D eigenvalue weighted by atomic mass is 32.2. The van der Waals surface area contributed by atoms with Crippen LogP contribution in [0.1, 0.15) is 43.7 Å². The molecule has 2 aromatic rings. The van der Waals surface area contributed by atoms with Gasteiger partial charge in [-0.3, -0.25) is 4.79 Å². The molecule has 0 bridgehead atoms. The topological polar surface area (TPSA) is 84.9 Å². The van der Waals surface area contributed by atoms with Crippen LogP contribution in [0.15, 0.2) is 47.4 Å². The second-order valence-corrected chi connectivity index (χ2v) is 10.4. The minimum Gasteiger partial charge on any atom is -0.489 e. The number of nitrogens with one attached hydrogen (secondary N) is 1. The van der Waals surface area contributed by atoms with Crippen LogP contribution in [0.3, 0.4) is 0 Å². The Morgan fingerprint density at radius 3 is 2.66 bits per heavy atom. The van der Waals surface area contributed by atoms with E-state index in [4.69, 9.17) is 9.47 Å². The molecular weight excluding hydrogens is 428 g/mol. The van der Waals surface area contributed by atoms with E-state index in [9.17, 15) is 13.2 Å². The lowest BCUT2D eigenvalue weighted by molar-refractivity contribution is -0.117. The fourth-order valence-corrected chi connectivity index (χ4v) is 5.74. The Balaban J connectivity index is 1.64. The van der Waals surface area contributed by atoms with Crippen LogP contribution in [0.25, 0.3) is 0 Å². The predicted octanol–water partition coefficient (Wildman–Crippen LogP) is 3.55. The standard InChI is InChI=1S/C24H30N2O5S/c1-17(2)31-23-11-10-19(32(28,29)26-12-14-30-15-13-26)16-22(23)25-24(27)21-9-5-7-18-6-3-4-8-20(18)21/h3-4,6,8,10-11,16-17,21H,5,7,9,12-15H2,1-2H3,(H,25,27). The zero-order valence-corrected chi connectivity index (χ0v) is 19.4. The molecule has 1 unspecified atom stereocenters. The molecule has 8 heteroatoms. The number of ether oxygens (including phenoxy) is 2. The molecule has 1 amide bonds. The van der Waals surface area contributed by atoms with Crippen LogP contribution in [-0.4, -0.2) is 51.0 Å². The van der Waals surface area contributed by atoms with Gasteiger partial charge in [0.2, 0.25) is 15.9 Å². The van der Waals surface area contributed by atoms with Gasteiger partial charge in [-0.15, -0.1) is 0 Å². The minimum absolute atomic E-state index is 0.122. The van der Waals surface area contributed by atoms with Crippen LogP contribution in [0.4, 0.5) is 5.69 Å². The maximum atomic E-state index is 13.3. The second-order valence-electron chi connectivity index (χ2n) is 8.47. The SMILES string of the molecule is CC(C)Oc1ccc(S(=O)(=O)N2CCOCC2)cc1NC(=O)C1CCCc2ccccc21. The van der Waals surface area contributed by atoms with E-state index in [1.807, 2.05) is 32.0 Å². The second kappa shape index (κ2) is 9.60. The van der Waals surface area contributed by atoms with Crippen molar-refractivity contribution in [2.75, 3.05) is 31.6 Å². The summed E-state index contributed by atoms with van der Waals surface area (Å²) in [6, 6.07) is 12.7.